The fourth-order valence-corrected chi connectivity index (χ4v) is 2.28. The number of carbonyl (C=O) groups is 1. The highest BCUT2D eigenvalue weighted by molar-refractivity contribution is 5.84. The third kappa shape index (κ3) is 3.19. The summed E-state index contributed by atoms with van der Waals surface area (Å²) >= 11 is 0. The number of para-hydroxylation sites is 1. The van der Waals surface area contributed by atoms with E-state index in [2.05, 4.69) is 10.6 Å². The maximum absolute atomic E-state index is 11.7. The number of benzene rings is 1. The average Bonchev–Trinajstić information content (AvgIpc) is 3.18. The Bertz CT molecular complexity index is 646. The lowest BCUT2D eigenvalue weighted by Crippen LogP contribution is -2.36. The zero-order valence-corrected chi connectivity index (χ0v) is 12.3. The van der Waals surface area contributed by atoms with Crippen molar-refractivity contribution in [3.63, 3.8) is 0 Å². The summed E-state index contributed by atoms with van der Waals surface area (Å²) < 4.78 is 11.1. The molecule has 3 rings (SSSR count). The highest BCUT2D eigenvalue weighted by atomic mass is 16.5. The first-order valence-electron chi connectivity index (χ1n) is 7.26. The van der Waals surface area contributed by atoms with Gasteiger partial charge >= 0.3 is 0 Å². The Labute approximate surface area is 123 Å². The molecule has 0 radical (unpaired) electrons. The van der Waals surface area contributed by atoms with Crippen LogP contribution in [0.25, 0.3) is 11.0 Å². The molecule has 112 valence electrons. The Hall–Kier alpha value is -2.01. The molecule has 21 heavy (non-hydrogen) atoms. The zero-order chi connectivity index (χ0) is 14.8. The molecule has 1 aromatic heterocycles. The number of fused-ring (bicyclic) bond motifs is 1. The molecular weight excluding hydrogens is 268 g/mol. The molecule has 5 heteroatoms. The molecule has 1 aliphatic rings. The Balaban J connectivity index is 1.66. The number of hydrogen-bond acceptors (Lipinski definition) is 4. The summed E-state index contributed by atoms with van der Waals surface area (Å²) in [4.78, 5) is 11.7. The minimum Gasteiger partial charge on any atom is -0.493 e. The van der Waals surface area contributed by atoms with Crippen LogP contribution in [0.2, 0.25) is 0 Å². The van der Waals surface area contributed by atoms with Crippen LogP contribution in [0.4, 0.5) is 0 Å². The molecule has 1 heterocycles. The Morgan fingerprint density at radius 2 is 2.29 bits per heavy atom. The number of amides is 1. The van der Waals surface area contributed by atoms with Crippen LogP contribution in [0.15, 0.2) is 28.7 Å². The molecule has 5 nitrogen and oxygen atoms in total. The summed E-state index contributed by atoms with van der Waals surface area (Å²) in [5, 5.41) is 7.14. The number of hydrogen-bond donors (Lipinski definition) is 2. The number of furan rings is 1. The molecule has 1 unspecified atom stereocenters. The molecule has 2 aromatic rings. The lowest BCUT2D eigenvalue weighted by Gasteiger charge is -2.11. The van der Waals surface area contributed by atoms with Gasteiger partial charge < -0.3 is 14.5 Å². The van der Waals surface area contributed by atoms with E-state index < -0.39 is 0 Å². The second-order valence-corrected chi connectivity index (χ2v) is 5.47. The second kappa shape index (κ2) is 5.77. The van der Waals surface area contributed by atoms with Gasteiger partial charge in [0.25, 0.3) is 0 Å². The van der Waals surface area contributed by atoms with Crippen LogP contribution >= 0.6 is 0 Å². The van der Waals surface area contributed by atoms with Gasteiger partial charge in [-0.25, -0.2) is 0 Å². The molecule has 1 aromatic carbocycles. The molecule has 0 bridgehead atoms. The van der Waals surface area contributed by atoms with Crippen molar-refractivity contribution in [3.8, 4) is 5.75 Å². The summed E-state index contributed by atoms with van der Waals surface area (Å²) in [6, 6.07) is 8.13. The van der Waals surface area contributed by atoms with Gasteiger partial charge in [-0.3, -0.25) is 10.1 Å². The van der Waals surface area contributed by atoms with Crippen molar-refractivity contribution >= 4 is 16.9 Å². The van der Waals surface area contributed by atoms with Gasteiger partial charge in [0.05, 0.1) is 19.7 Å². The van der Waals surface area contributed by atoms with E-state index in [1.807, 2.05) is 31.2 Å². The summed E-state index contributed by atoms with van der Waals surface area (Å²) in [6.45, 7) is 2.28. The summed E-state index contributed by atoms with van der Waals surface area (Å²) in [6.07, 6.45) is 2.20. The number of ether oxygens (including phenoxy) is 1. The molecule has 0 aliphatic heterocycles. The van der Waals surface area contributed by atoms with E-state index in [0.29, 0.717) is 12.6 Å². The van der Waals surface area contributed by atoms with Gasteiger partial charge in [-0.2, -0.15) is 0 Å². The molecule has 1 aliphatic carbocycles. The fraction of sp³-hybridized carbons (Fsp3) is 0.438. The maximum atomic E-state index is 11.7. The summed E-state index contributed by atoms with van der Waals surface area (Å²) in [5.74, 6) is 1.56. The third-order valence-corrected chi connectivity index (χ3v) is 3.68. The van der Waals surface area contributed by atoms with Crippen LogP contribution in [0.3, 0.4) is 0 Å². The first kappa shape index (κ1) is 13.9. The topological polar surface area (TPSA) is 63.5 Å². The van der Waals surface area contributed by atoms with E-state index in [9.17, 15) is 4.79 Å². The monoisotopic (exact) mass is 288 g/mol. The number of carbonyl (C=O) groups excluding carboxylic acids is 1. The van der Waals surface area contributed by atoms with Crippen molar-refractivity contribution in [2.45, 2.75) is 31.8 Å². The van der Waals surface area contributed by atoms with E-state index in [0.717, 1.165) is 35.3 Å². The maximum Gasteiger partial charge on any atom is 0.234 e. The van der Waals surface area contributed by atoms with Crippen LogP contribution in [-0.4, -0.2) is 25.6 Å². The number of rotatable bonds is 6. The highest BCUT2D eigenvalue weighted by Crippen LogP contribution is 2.30. The number of nitrogens with one attached hydrogen (secondary N) is 2. The van der Waals surface area contributed by atoms with Gasteiger partial charge in [0.1, 0.15) is 5.76 Å². The van der Waals surface area contributed by atoms with Crippen LogP contribution in [0.1, 0.15) is 31.6 Å². The molecule has 0 spiro atoms. The molecule has 0 saturated heterocycles. The minimum atomic E-state index is -0.0351. The predicted octanol–water partition coefficient (Wildman–Crippen LogP) is 2.37. The van der Waals surface area contributed by atoms with Gasteiger partial charge in [-0.05, 0) is 31.9 Å². The van der Waals surface area contributed by atoms with Crippen LogP contribution in [-0.2, 0) is 4.79 Å². The Kier molecular flexibility index (Phi) is 3.84. The van der Waals surface area contributed by atoms with Gasteiger partial charge in [-0.15, -0.1) is 0 Å². The summed E-state index contributed by atoms with van der Waals surface area (Å²) in [5.41, 5.74) is 0.742. The third-order valence-electron chi connectivity index (χ3n) is 3.68. The normalized spacial score (nSPS) is 15.9. The van der Waals surface area contributed by atoms with E-state index in [4.69, 9.17) is 9.15 Å². The van der Waals surface area contributed by atoms with Crippen molar-refractivity contribution in [1.82, 2.24) is 10.6 Å². The highest BCUT2D eigenvalue weighted by Gasteiger charge is 2.23. The van der Waals surface area contributed by atoms with Crippen molar-refractivity contribution in [1.29, 1.82) is 0 Å². The first-order chi connectivity index (χ1) is 10.2. The van der Waals surface area contributed by atoms with Gasteiger partial charge in [0.2, 0.25) is 5.91 Å². The molecule has 1 amide bonds. The number of methoxy groups -OCH3 is 1. The quantitative estimate of drug-likeness (QED) is 0.856. The zero-order valence-electron chi connectivity index (χ0n) is 12.3. The smallest absolute Gasteiger partial charge is 0.234 e. The van der Waals surface area contributed by atoms with Crippen LogP contribution < -0.4 is 15.4 Å². The lowest BCUT2D eigenvalue weighted by atomic mass is 10.2. The largest absolute Gasteiger partial charge is 0.493 e. The molecule has 2 N–H and O–H groups in total. The SMILES string of the molecule is COc1cccc2cc(C(C)NCC(=O)NC3CC3)oc12. The van der Waals surface area contributed by atoms with E-state index >= 15 is 0 Å². The van der Waals surface area contributed by atoms with E-state index in [1.54, 1.807) is 7.11 Å². The predicted molar refractivity (Wildman–Crippen MR) is 80.3 cm³/mol. The molecular formula is C16H20N2O3. The second-order valence-electron chi connectivity index (χ2n) is 5.47. The van der Waals surface area contributed by atoms with Crippen molar-refractivity contribution in [2.24, 2.45) is 0 Å². The van der Waals surface area contributed by atoms with Gasteiger partial charge in [0.15, 0.2) is 11.3 Å². The first-order valence-corrected chi connectivity index (χ1v) is 7.26. The molecule has 1 saturated carbocycles. The van der Waals surface area contributed by atoms with Crippen molar-refractivity contribution < 1.29 is 13.9 Å². The average molecular weight is 288 g/mol. The van der Waals surface area contributed by atoms with Crippen LogP contribution in [0, 0.1) is 0 Å². The fourth-order valence-electron chi connectivity index (χ4n) is 2.28. The van der Waals surface area contributed by atoms with Gasteiger partial charge in [-0.1, -0.05) is 12.1 Å². The van der Waals surface area contributed by atoms with Gasteiger partial charge in [0, 0.05) is 11.4 Å². The molecule has 1 fully saturated rings. The Morgan fingerprint density at radius 3 is 3.00 bits per heavy atom. The van der Waals surface area contributed by atoms with E-state index in [-0.39, 0.29) is 11.9 Å². The molecule has 1 atom stereocenters. The lowest BCUT2D eigenvalue weighted by molar-refractivity contribution is -0.120. The minimum absolute atomic E-state index is 0.0351. The van der Waals surface area contributed by atoms with Crippen LogP contribution in [0.5, 0.6) is 5.75 Å². The van der Waals surface area contributed by atoms with Crippen molar-refractivity contribution in [2.75, 3.05) is 13.7 Å². The van der Waals surface area contributed by atoms with Crippen molar-refractivity contribution in [3.05, 3.63) is 30.0 Å². The Morgan fingerprint density at radius 1 is 1.48 bits per heavy atom. The standard InChI is InChI=1S/C16H20N2O3/c1-10(17-9-15(19)18-12-6-7-12)14-8-11-4-3-5-13(20-2)16(11)21-14/h3-5,8,10,12,17H,6-7,9H2,1-2H3,(H,18,19). The van der Waals surface area contributed by atoms with E-state index in [1.165, 1.54) is 0 Å². The summed E-state index contributed by atoms with van der Waals surface area (Å²) in [7, 11) is 1.63.